The van der Waals surface area contributed by atoms with E-state index in [4.69, 9.17) is 9.57 Å². The van der Waals surface area contributed by atoms with Gasteiger partial charge < -0.3 is 20.0 Å². The maximum absolute atomic E-state index is 12.3. The summed E-state index contributed by atoms with van der Waals surface area (Å²) in [5, 5.41) is 12.0. The number of hydrogen-bond donors (Lipinski definition) is 2. The molecule has 1 atom stereocenters. The summed E-state index contributed by atoms with van der Waals surface area (Å²) in [5.74, 6) is -3.78. The molecule has 0 saturated carbocycles. The van der Waals surface area contributed by atoms with Crippen LogP contribution in [-0.2, 0) is 28.8 Å². The highest BCUT2D eigenvalue weighted by atomic mass is 16.7. The summed E-state index contributed by atoms with van der Waals surface area (Å²) >= 11 is 0. The largest absolute Gasteiger partial charge is 0.480 e. The molecule has 3 amide bonds. The number of carbonyl (C=O) groups excluding carboxylic acids is 4. The second-order valence-electron chi connectivity index (χ2n) is 7.94. The summed E-state index contributed by atoms with van der Waals surface area (Å²) in [6.07, 6.45) is -1.78. The van der Waals surface area contributed by atoms with Crippen LogP contribution in [0.2, 0.25) is 0 Å². The third-order valence-corrected chi connectivity index (χ3v) is 5.77. The van der Waals surface area contributed by atoms with E-state index >= 15 is 0 Å². The van der Waals surface area contributed by atoms with Gasteiger partial charge in [0.1, 0.15) is 12.6 Å². The number of alkyl carbamates (subject to hydrolysis) is 1. The predicted molar refractivity (Wildman–Crippen MR) is 116 cm³/mol. The zero-order chi connectivity index (χ0) is 24.2. The summed E-state index contributed by atoms with van der Waals surface area (Å²) < 4.78 is 5.34. The maximum atomic E-state index is 12.3. The topological polar surface area (TPSA) is 139 Å². The molecule has 1 aliphatic heterocycles. The van der Waals surface area contributed by atoms with Gasteiger partial charge in [-0.2, -0.15) is 0 Å². The molecule has 4 rings (SSSR count). The molecule has 1 heterocycles. The quantitative estimate of drug-likeness (QED) is 0.565. The summed E-state index contributed by atoms with van der Waals surface area (Å²) in [7, 11) is 0. The second kappa shape index (κ2) is 9.74. The molecule has 0 radical (unpaired) electrons. The van der Waals surface area contributed by atoms with Gasteiger partial charge in [0.05, 0.1) is 6.42 Å². The lowest BCUT2D eigenvalue weighted by atomic mass is 9.98. The van der Waals surface area contributed by atoms with Crippen LogP contribution in [0.4, 0.5) is 4.79 Å². The Morgan fingerprint density at radius 1 is 0.971 bits per heavy atom. The number of hydroxylamine groups is 2. The Labute approximate surface area is 194 Å². The van der Waals surface area contributed by atoms with Crippen molar-refractivity contribution in [2.24, 2.45) is 0 Å². The highest BCUT2D eigenvalue weighted by molar-refractivity contribution is 6.01. The molecule has 2 aliphatic rings. The van der Waals surface area contributed by atoms with Crippen molar-refractivity contribution in [3.63, 3.8) is 0 Å². The standard InChI is InChI=1S/C24H22N2O8/c27-20-10-11-21(28)26(20)34-22(29)12-9-19(23(30)31)25-24(32)33-13-18-16-7-3-1-5-14(16)15-6-2-4-8-17(15)18/h1-8,18-19H,9-13H2,(H,25,32)(H,30,31)/t19-/m0/s1. The van der Waals surface area contributed by atoms with Crippen LogP contribution in [0.15, 0.2) is 48.5 Å². The fourth-order valence-electron chi connectivity index (χ4n) is 4.11. The van der Waals surface area contributed by atoms with Gasteiger partial charge in [0.2, 0.25) is 0 Å². The first-order valence-electron chi connectivity index (χ1n) is 10.8. The minimum Gasteiger partial charge on any atom is -0.480 e. The van der Waals surface area contributed by atoms with Gasteiger partial charge in [0, 0.05) is 18.8 Å². The van der Waals surface area contributed by atoms with Crippen LogP contribution in [0.25, 0.3) is 11.1 Å². The zero-order valence-electron chi connectivity index (χ0n) is 18.1. The molecular formula is C24H22N2O8. The number of carboxylic acid groups (broad SMARTS) is 1. The molecule has 34 heavy (non-hydrogen) atoms. The lowest BCUT2D eigenvalue weighted by Gasteiger charge is -2.18. The lowest BCUT2D eigenvalue weighted by molar-refractivity contribution is -0.197. The SMILES string of the molecule is O=C(CC[C@H](NC(=O)OCC1c2ccccc2-c2ccccc21)C(=O)O)ON1C(=O)CCC1=O. The van der Waals surface area contributed by atoms with E-state index in [1.165, 1.54) is 0 Å². The first kappa shape index (κ1) is 23.0. The molecule has 0 bridgehead atoms. The molecule has 0 aromatic heterocycles. The zero-order valence-corrected chi connectivity index (χ0v) is 18.1. The van der Waals surface area contributed by atoms with Crippen LogP contribution >= 0.6 is 0 Å². The van der Waals surface area contributed by atoms with Crippen LogP contribution in [0.1, 0.15) is 42.7 Å². The van der Waals surface area contributed by atoms with Gasteiger partial charge in [0.25, 0.3) is 11.8 Å². The molecule has 2 N–H and O–H groups in total. The van der Waals surface area contributed by atoms with Crippen LogP contribution in [0.5, 0.6) is 0 Å². The van der Waals surface area contributed by atoms with Gasteiger partial charge in [0.15, 0.2) is 0 Å². The molecule has 2 aromatic rings. The first-order valence-corrected chi connectivity index (χ1v) is 10.8. The molecule has 10 nitrogen and oxygen atoms in total. The Kier molecular flexibility index (Phi) is 6.58. The van der Waals surface area contributed by atoms with Gasteiger partial charge in [-0.3, -0.25) is 9.59 Å². The Morgan fingerprint density at radius 3 is 2.09 bits per heavy atom. The fraction of sp³-hybridized carbons (Fsp3) is 0.292. The fourth-order valence-corrected chi connectivity index (χ4v) is 4.11. The van der Waals surface area contributed by atoms with E-state index in [9.17, 15) is 29.1 Å². The summed E-state index contributed by atoms with van der Waals surface area (Å²) in [6.45, 7) is 0.00736. The van der Waals surface area contributed by atoms with E-state index in [0.717, 1.165) is 22.3 Å². The number of benzene rings is 2. The van der Waals surface area contributed by atoms with Gasteiger partial charge >= 0.3 is 18.0 Å². The number of nitrogens with zero attached hydrogens (tertiary/aromatic N) is 1. The normalized spacial score (nSPS) is 15.5. The lowest BCUT2D eigenvalue weighted by Crippen LogP contribution is -2.42. The minimum atomic E-state index is -1.42. The number of ether oxygens (including phenoxy) is 1. The summed E-state index contributed by atoms with van der Waals surface area (Å²) in [4.78, 5) is 63.5. The predicted octanol–water partition coefficient (Wildman–Crippen LogP) is 2.37. The van der Waals surface area contributed by atoms with Crippen molar-refractivity contribution in [2.75, 3.05) is 6.61 Å². The summed E-state index contributed by atoms with van der Waals surface area (Å²) in [6, 6.07) is 14.2. The number of carboxylic acids is 1. The van der Waals surface area contributed by atoms with E-state index in [1.54, 1.807) is 0 Å². The van der Waals surface area contributed by atoms with Crippen LogP contribution in [0, 0.1) is 0 Å². The molecule has 1 fully saturated rings. The van der Waals surface area contributed by atoms with E-state index in [0.29, 0.717) is 5.06 Å². The number of aliphatic carboxylic acids is 1. The van der Waals surface area contributed by atoms with E-state index in [1.807, 2.05) is 48.5 Å². The third-order valence-electron chi connectivity index (χ3n) is 5.77. The highest BCUT2D eigenvalue weighted by Crippen LogP contribution is 2.44. The third kappa shape index (κ3) is 4.75. The average Bonchev–Trinajstić information content (AvgIpc) is 3.32. The van der Waals surface area contributed by atoms with E-state index < -0.39 is 42.3 Å². The Hall–Kier alpha value is -4.21. The van der Waals surface area contributed by atoms with Crippen molar-refractivity contribution in [1.82, 2.24) is 10.4 Å². The average molecular weight is 466 g/mol. The number of rotatable bonds is 8. The number of nitrogens with one attached hydrogen (secondary N) is 1. The van der Waals surface area contributed by atoms with Crippen molar-refractivity contribution in [3.8, 4) is 11.1 Å². The van der Waals surface area contributed by atoms with E-state index in [2.05, 4.69) is 5.32 Å². The number of fused-ring (bicyclic) bond motifs is 3. The second-order valence-corrected chi connectivity index (χ2v) is 7.94. The van der Waals surface area contributed by atoms with Crippen molar-refractivity contribution in [2.45, 2.75) is 37.6 Å². The molecule has 2 aromatic carbocycles. The minimum absolute atomic E-state index is 0.00736. The molecule has 0 unspecified atom stereocenters. The van der Waals surface area contributed by atoms with Crippen LogP contribution in [-0.4, -0.2) is 52.7 Å². The van der Waals surface area contributed by atoms with Crippen LogP contribution in [0.3, 0.4) is 0 Å². The van der Waals surface area contributed by atoms with Crippen molar-refractivity contribution in [3.05, 3.63) is 59.7 Å². The molecule has 10 heteroatoms. The van der Waals surface area contributed by atoms with Gasteiger partial charge in [-0.05, 0) is 28.7 Å². The maximum Gasteiger partial charge on any atom is 0.407 e. The number of hydrogen-bond acceptors (Lipinski definition) is 7. The van der Waals surface area contributed by atoms with Gasteiger partial charge in [-0.1, -0.05) is 48.5 Å². The molecule has 0 spiro atoms. The molecular weight excluding hydrogens is 444 g/mol. The van der Waals surface area contributed by atoms with Crippen molar-refractivity contribution >= 4 is 29.8 Å². The molecule has 1 aliphatic carbocycles. The Bertz CT molecular complexity index is 1100. The van der Waals surface area contributed by atoms with E-state index in [-0.39, 0.29) is 31.8 Å². The van der Waals surface area contributed by atoms with Crippen LogP contribution < -0.4 is 5.32 Å². The number of imide groups is 1. The molecule has 176 valence electrons. The first-order chi connectivity index (χ1) is 16.3. The smallest absolute Gasteiger partial charge is 0.407 e. The Morgan fingerprint density at radius 2 is 1.53 bits per heavy atom. The highest BCUT2D eigenvalue weighted by Gasteiger charge is 2.33. The number of amides is 3. The van der Waals surface area contributed by atoms with Gasteiger partial charge in [-0.25, -0.2) is 14.4 Å². The monoisotopic (exact) mass is 466 g/mol. The molecule has 1 saturated heterocycles. The van der Waals surface area contributed by atoms with Crippen molar-refractivity contribution < 1.29 is 38.7 Å². The van der Waals surface area contributed by atoms with Crippen molar-refractivity contribution in [1.29, 1.82) is 0 Å². The Balaban J connectivity index is 1.31. The summed E-state index contributed by atoms with van der Waals surface area (Å²) in [5.41, 5.74) is 4.15. The van der Waals surface area contributed by atoms with Gasteiger partial charge in [-0.15, -0.1) is 5.06 Å². The number of carbonyl (C=O) groups is 5.